The number of nitrogens with zero attached hydrogens (tertiary/aromatic N) is 1. The number of halogens is 3. The zero-order valence-electron chi connectivity index (χ0n) is 12.1. The molecule has 0 saturated heterocycles. The van der Waals surface area contributed by atoms with Crippen molar-refractivity contribution in [3.8, 4) is 0 Å². The molecule has 0 bridgehead atoms. The smallest absolute Gasteiger partial charge is 0.385 e. The topological polar surface area (TPSA) is 79.6 Å². The van der Waals surface area contributed by atoms with Crippen LogP contribution in [-0.4, -0.2) is 26.3 Å². The van der Waals surface area contributed by atoms with Gasteiger partial charge in [0.2, 0.25) is 0 Å². The molecule has 0 aromatic heterocycles. The van der Waals surface area contributed by atoms with Crippen molar-refractivity contribution in [2.75, 3.05) is 12.2 Å². The van der Waals surface area contributed by atoms with Crippen LogP contribution in [0.15, 0.2) is 23.4 Å². The second-order valence-electron chi connectivity index (χ2n) is 3.94. The Morgan fingerprint density at radius 2 is 1.95 bits per heavy atom. The van der Waals surface area contributed by atoms with E-state index in [2.05, 4.69) is 5.16 Å². The molecule has 1 aromatic carbocycles. The van der Waals surface area contributed by atoms with Gasteiger partial charge in [0.25, 0.3) is 0 Å². The average Bonchev–Trinajstić information content (AvgIpc) is 2.36. The molecule has 22 heavy (non-hydrogen) atoms. The number of rotatable bonds is 4. The van der Waals surface area contributed by atoms with Crippen LogP contribution in [0.5, 0.6) is 0 Å². The number of hydrogen-bond acceptors (Lipinski definition) is 6. The third kappa shape index (κ3) is 7.46. The van der Waals surface area contributed by atoms with Gasteiger partial charge in [0, 0.05) is 5.56 Å². The summed E-state index contributed by atoms with van der Waals surface area (Å²) >= 11 is 1.40. The van der Waals surface area contributed by atoms with Crippen LogP contribution < -0.4 is 0 Å². The number of oxime groups is 1. The summed E-state index contributed by atoms with van der Waals surface area (Å²) in [4.78, 5) is 4.89. The molecule has 0 unspecified atom stereocenters. The fourth-order valence-electron chi connectivity index (χ4n) is 1.57. The molecule has 0 heterocycles. The minimum atomic E-state index is -4.39. The number of alkyl halides is 3. The van der Waals surface area contributed by atoms with Crippen molar-refractivity contribution in [2.45, 2.75) is 20.0 Å². The molecule has 0 spiro atoms. The maximum Gasteiger partial charge on any atom is 0.417 e. The molecule has 0 saturated carbocycles. The third-order valence-electron chi connectivity index (χ3n) is 2.32. The van der Waals surface area contributed by atoms with Crippen molar-refractivity contribution >= 4 is 28.0 Å². The molecular weight excluding hydrogens is 341 g/mol. The van der Waals surface area contributed by atoms with E-state index in [1.54, 1.807) is 6.07 Å². The Kier molecular flexibility index (Phi) is 8.80. The molecule has 0 aliphatic rings. The summed E-state index contributed by atoms with van der Waals surface area (Å²) in [5.74, 6) is 0.310. The molecule has 0 aliphatic carbocycles. The number of aryl methyl sites for hydroxylation is 1. The molecular formula is C12H15F3N2O3S2. The van der Waals surface area contributed by atoms with Gasteiger partial charge in [0.1, 0.15) is 0 Å². The lowest BCUT2D eigenvalue weighted by Gasteiger charge is -2.15. The van der Waals surface area contributed by atoms with Gasteiger partial charge in [-0.05, 0) is 25.7 Å². The number of hydrogen-bond donors (Lipinski definition) is 1. The van der Waals surface area contributed by atoms with Crippen LogP contribution in [0.3, 0.4) is 0 Å². The Hall–Kier alpha value is -1.55. The predicted octanol–water partition coefficient (Wildman–Crippen LogP) is 3.70. The standard InChI is InChI=1S/C12H14F3NOS.HNO2S/c1-8-5-4-6-10(11(8)12(13,14)15)9(2)16-17-7-18-3;1-4(2)3/h4-6H,7H2,1-3H3;1H/b16-9+;. The molecule has 10 heteroatoms. The van der Waals surface area contributed by atoms with E-state index < -0.39 is 22.2 Å². The Morgan fingerprint density at radius 3 is 2.41 bits per heavy atom. The van der Waals surface area contributed by atoms with E-state index >= 15 is 0 Å². The van der Waals surface area contributed by atoms with Crippen molar-refractivity contribution in [1.82, 2.24) is 0 Å². The van der Waals surface area contributed by atoms with Crippen LogP contribution in [0.2, 0.25) is 0 Å². The summed E-state index contributed by atoms with van der Waals surface area (Å²) in [6.45, 7) is 2.94. The summed E-state index contributed by atoms with van der Waals surface area (Å²) in [6.07, 6.45) is -2.57. The Bertz CT molecular complexity index is 622. The average molecular weight is 356 g/mol. The van der Waals surface area contributed by atoms with Crippen LogP contribution >= 0.6 is 11.8 Å². The molecule has 5 nitrogen and oxygen atoms in total. The summed E-state index contributed by atoms with van der Waals surface area (Å²) < 4.78 is 61.7. The quantitative estimate of drug-likeness (QED) is 0.386. The molecule has 1 rings (SSSR count). The Balaban J connectivity index is 0.000000980. The highest BCUT2D eigenvalue weighted by Crippen LogP contribution is 2.34. The van der Waals surface area contributed by atoms with E-state index in [1.165, 1.54) is 37.7 Å². The first-order valence-electron chi connectivity index (χ1n) is 5.74. The molecule has 0 fully saturated rings. The van der Waals surface area contributed by atoms with Crippen LogP contribution in [-0.2, 0) is 21.5 Å². The number of nitrogens with one attached hydrogen (secondary N) is 1. The van der Waals surface area contributed by atoms with Crippen molar-refractivity contribution in [2.24, 2.45) is 5.16 Å². The monoisotopic (exact) mass is 356 g/mol. The molecule has 0 aliphatic heterocycles. The first-order chi connectivity index (χ1) is 10.1. The third-order valence-corrected chi connectivity index (χ3v) is 2.66. The molecule has 124 valence electrons. The van der Waals surface area contributed by atoms with Gasteiger partial charge in [-0.3, -0.25) is 0 Å². The molecule has 1 N–H and O–H groups in total. The molecule has 1 aromatic rings. The fourth-order valence-corrected chi connectivity index (χ4v) is 1.73. The van der Waals surface area contributed by atoms with Gasteiger partial charge in [-0.15, -0.1) is 11.8 Å². The Morgan fingerprint density at radius 1 is 1.41 bits per heavy atom. The van der Waals surface area contributed by atoms with Gasteiger partial charge in [0.15, 0.2) is 5.94 Å². The lowest BCUT2D eigenvalue weighted by atomic mass is 9.98. The minimum absolute atomic E-state index is 0.0589. The summed E-state index contributed by atoms with van der Waals surface area (Å²) in [6, 6.07) is 4.41. The second kappa shape index (κ2) is 9.46. The largest absolute Gasteiger partial charge is 0.417 e. The molecule has 0 radical (unpaired) electrons. The summed E-state index contributed by atoms with van der Waals surface area (Å²) in [7, 11) is -2.61. The van der Waals surface area contributed by atoms with Crippen molar-refractivity contribution in [3.05, 3.63) is 34.9 Å². The number of thioether (sulfide) groups is 1. The highest BCUT2D eigenvalue weighted by Gasteiger charge is 2.35. The fraction of sp³-hybridized carbons (Fsp3) is 0.417. The van der Waals surface area contributed by atoms with Gasteiger partial charge < -0.3 is 4.84 Å². The van der Waals surface area contributed by atoms with E-state index in [0.717, 1.165) is 0 Å². The van der Waals surface area contributed by atoms with Crippen LogP contribution in [0.25, 0.3) is 0 Å². The lowest BCUT2D eigenvalue weighted by molar-refractivity contribution is -0.138. The summed E-state index contributed by atoms with van der Waals surface area (Å²) in [5.41, 5.74) is -0.193. The van der Waals surface area contributed by atoms with Gasteiger partial charge in [-0.25, -0.2) is 0 Å². The molecule has 0 atom stereocenters. The van der Waals surface area contributed by atoms with Crippen LogP contribution in [0, 0.1) is 11.7 Å². The summed E-state index contributed by atoms with van der Waals surface area (Å²) in [5, 5.41) is 3.70. The highest BCUT2D eigenvalue weighted by molar-refractivity contribution is 7.98. The van der Waals surface area contributed by atoms with Crippen molar-refractivity contribution in [3.63, 3.8) is 0 Å². The van der Waals surface area contributed by atoms with Gasteiger partial charge >= 0.3 is 16.7 Å². The SMILES string of the molecule is CSCO/N=C(\C)c1cccc(C)c1C(F)(F)F.N=S(=O)=O. The van der Waals surface area contributed by atoms with Gasteiger partial charge in [-0.2, -0.15) is 26.4 Å². The number of benzene rings is 1. The predicted molar refractivity (Wildman–Crippen MR) is 79.5 cm³/mol. The second-order valence-corrected chi connectivity index (χ2v) is 5.22. The van der Waals surface area contributed by atoms with E-state index in [-0.39, 0.29) is 16.8 Å². The minimum Gasteiger partial charge on any atom is -0.385 e. The van der Waals surface area contributed by atoms with E-state index in [0.29, 0.717) is 5.94 Å². The van der Waals surface area contributed by atoms with Gasteiger partial charge in [-0.1, -0.05) is 23.4 Å². The zero-order valence-corrected chi connectivity index (χ0v) is 13.7. The lowest BCUT2D eigenvalue weighted by Crippen LogP contribution is -2.14. The van der Waals surface area contributed by atoms with E-state index in [9.17, 15) is 13.2 Å². The maximum absolute atomic E-state index is 13.0. The highest BCUT2D eigenvalue weighted by atomic mass is 32.2. The van der Waals surface area contributed by atoms with Crippen molar-refractivity contribution < 1.29 is 26.4 Å². The normalized spacial score (nSPS) is 11.5. The Labute approximate surface area is 132 Å². The van der Waals surface area contributed by atoms with Crippen LogP contribution in [0.1, 0.15) is 23.6 Å². The maximum atomic E-state index is 13.0. The van der Waals surface area contributed by atoms with E-state index in [1.807, 2.05) is 6.26 Å². The first-order valence-corrected chi connectivity index (χ1v) is 8.21. The van der Waals surface area contributed by atoms with Crippen LogP contribution in [0.4, 0.5) is 13.2 Å². The first kappa shape index (κ1) is 20.5. The zero-order chi connectivity index (χ0) is 17.3. The van der Waals surface area contributed by atoms with Crippen molar-refractivity contribution in [1.29, 1.82) is 4.78 Å². The van der Waals surface area contributed by atoms with E-state index in [4.69, 9.17) is 18.0 Å². The van der Waals surface area contributed by atoms with Gasteiger partial charge in [0.05, 0.1) is 11.3 Å². The molecule has 0 amide bonds.